The van der Waals surface area contributed by atoms with E-state index in [1.807, 2.05) is 31.3 Å². The molecule has 1 aromatic carbocycles. The van der Waals surface area contributed by atoms with Crippen LogP contribution in [0, 0.1) is 5.92 Å². The fourth-order valence-corrected chi connectivity index (χ4v) is 2.72. The maximum atomic E-state index is 12.5. The van der Waals surface area contributed by atoms with Crippen LogP contribution >= 0.6 is 11.6 Å². The first-order valence-electron chi connectivity index (χ1n) is 7.77. The monoisotopic (exact) mass is 337 g/mol. The average molecular weight is 338 g/mol. The van der Waals surface area contributed by atoms with E-state index in [1.54, 1.807) is 0 Å². The minimum absolute atomic E-state index is 0.0194. The van der Waals surface area contributed by atoms with Gasteiger partial charge in [-0.15, -0.1) is 0 Å². The summed E-state index contributed by atoms with van der Waals surface area (Å²) in [7, 11) is 2.03. The van der Waals surface area contributed by atoms with Gasteiger partial charge >= 0.3 is 0 Å². The first-order chi connectivity index (χ1) is 11.1. The van der Waals surface area contributed by atoms with Crippen LogP contribution in [-0.2, 0) is 11.3 Å². The molecule has 1 saturated heterocycles. The third-order valence-electron chi connectivity index (χ3n) is 3.91. The van der Waals surface area contributed by atoms with Gasteiger partial charge in [-0.05, 0) is 31.2 Å². The van der Waals surface area contributed by atoms with E-state index >= 15 is 0 Å². The molecule has 1 amide bonds. The van der Waals surface area contributed by atoms with Crippen LogP contribution in [0.3, 0.4) is 0 Å². The van der Waals surface area contributed by atoms with E-state index in [4.69, 9.17) is 17.4 Å². The number of carbonyl (C=O) groups is 1. The van der Waals surface area contributed by atoms with Crippen LogP contribution in [0.5, 0.6) is 0 Å². The Hall–Kier alpha value is -1.47. The van der Waals surface area contributed by atoms with E-state index in [9.17, 15) is 4.79 Å². The van der Waals surface area contributed by atoms with Gasteiger partial charge < -0.3 is 10.2 Å². The molecule has 126 valence electrons. The van der Waals surface area contributed by atoms with E-state index in [0.29, 0.717) is 31.2 Å². The van der Waals surface area contributed by atoms with Crippen molar-refractivity contribution in [3.63, 3.8) is 0 Å². The lowest BCUT2D eigenvalue weighted by Gasteiger charge is -2.30. The number of benzene rings is 1. The summed E-state index contributed by atoms with van der Waals surface area (Å²) in [5, 5.41) is 3.69. The summed E-state index contributed by atoms with van der Waals surface area (Å²) in [5.41, 5.74) is 4.57. The molecule has 1 heterocycles. The molecule has 0 bridgehead atoms. The Morgan fingerprint density at radius 2 is 2.17 bits per heavy atom. The summed E-state index contributed by atoms with van der Waals surface area (Å²) < 4.78 is 0. The van der Waals surface area contributed by atoms with E-state index < -0.39 is 0 Å². The fourth-order valence-electron chi connectivity index (χ4n) is 2.59. The third kappa shape index (κ3) is 5.58. The predicted molar refractivity (Wildman–Crippen MR) is 93.4 cm³/mol. The lowest BCUT2D eigenvalue weighted by molar-refractivity contribution is -0.123. The highest BCUT2D eigenvalue weighted by Gasteiger charge is 2.29. The molecule has 4 N–H and O–H groups in total. The molecule has 0 saturated carbocycles. The average Bonchev–Trinajstić information content (AvgIpc) is 2.55. The number of likely N-dealkylation sites (tertiary alicyclic amines) is 1. The van der Waals surface area contributed by atoms with E-state index in [1.165, 1.54) is 0 Å². The van der Waals surface area contributed by atoms with Crippen LogP contribution < -0.4 is 16.6 Å². The summed E-state index contributed by atoms with van der Waals surface area (Å²) in [6.45, 7) is 3.32. The second kappa shape index (κ2) is 8.98. The highest BCUT2D eigenvalue weighted by atomic mass is 35.5. The number of nitrogens with zero attached hydrogens (tertiary/aromatic N) is 2. The number of piperidine rings is 1. The highest BCUT2D eigenvalue weighted by Crippen LogP contribution is 2.14. The SMILES string of the molecule is CN1CCC(=NCCNN)C(C(=O)NCc2ccc(Cl)cc2)C1. The fraction of sp³-hybridized carbons (Fsp3) is 0.500. The largest absolute Gasteiger partial charge is 0.351 e. The smallest absolute Gasteiger partial charge is 0.230 e. The Balaban J connectivity index is 1.95. The van der Waals surface area contributed by atoms with Gasteiger partial charge in [-0.3, -0.25) is 21.1 Å². The number of halogens is 1. The second-order valence-corrected chi connectivity index (χ2v) is 6.17. The minimum atomic E-state index is -0.196. The number of nitrogens with one attached hydrogen (secondary N) is 2. The molecule has 23 heavy (non-hydrogen) atoms. The first-order valence-corrected chi connectivity index (χ1v) is 8.15. The van der Waals surface area contributed by atoms with Crippen molar-refractivity contribution < 1.29 is 4.79 Å². The number of hydrazine groups is 1. The molecule has 2 rings (SSSR count). The van der Waals surface area contributed by atoms with Gasteiger partial charge in [-0.1, -0.05) is 23.7 Å². The summed E-state index contributed by atoms with van der Waals surface area (Å²) in [4.78, 5) is 19.2. The Kier molecular flexibility index (Phi) is 6.98. The molecule has 0 radical (unpaired) electrons. The van der Waals surface area contributed by atoms with Gasteiger partial charge in [0.25, 0.3) is 0 Å². The number of hydrogen-bond donors (Lipinski definition) is 3. The quantitative estimate of drug-likeness (QED) is 0.407. The number of amides is 1. The van der Waals surface area contributed by atoms with Crippen molar-refractivity contribution in [2.45, 2.75) is 13.0 Å². The van der Waals surface area contributed by atoms with Gasteiger partial charge in [0.1, 0.15) is 0 Å². The van der Waals surface area contributed by atoms with Gasteiger partial charge in [0, 0.05) is 36.9 Å². The molecular weight excluding hydrogens is 314 g/mol. The number of hydrogen-bond acceptors (Lipinski definition) is 5. The van der Waals surface area contributed by atoms with Crippen molar-refractivity contribution in [3.05, 3.63) is 34.9 Å². The van der Waals surface area contributed by atoms with Crippen molar-refractivity contribution >= 4 is 23.2 Å². The van der Waals surface area contributed by atoms with Crippen LogP contribution in [0.15, 0.2) is 29.3 Å². The summed E-state index contributed by atoms with van der Waals surface area (Å²) in [5.74, 6) is 5.09. The second-order valence-electron chi connectivity index (χ2n) is 5.74. The number of rotatable bonds is 6. The van der Waals surface area contributed by atoms with Gasteiger partial charge in [0.15, 0.2) is 0 Å². The zero-order valence-electron chi connectivity index (χ0n) is 13.4. The summed E-state index contributed by atoms with van der Waals surface area (Å²) in [6, 6.07) is 7.48. The Labute approximate surface area is 142 Å². The van der Waals surface area contributed by atoms with E-state index in [0.717, 1.165) is 24.2 Å². The number of carbonyl (C=O) groups excluding carboxylic acids is 1. The molecule has 7 heteroatoms. The minimum Gasteiger partial charge on any atom is -0.351 e. The maximum Gasteiger partial charge on any atom is 0.230 e. The maximum absolute atomic E-state index is 12.5. The molecule has 1 fully saturated rings. The van der Waals surface area contributed by atoms with Crippen molar-refractivity contribution in [1.29, 1.82) is 0 Å². The van der Waals surface area contributed by atoms with Crippen molar-refractivity contribution in [2.75, 3.05) is 33.2 Å². The lowest BCUT2D eigenvalue weighted by Crippen LogP contribution is -2.46. The first kappa shape index (κ1) is 17.9. The third-order valence-corrected chi connectivity index (χ3v) is 4.17. The van der Waals surface area contributed by atoms with Gasteiger partial charge in [-0.2, -0.15) is 0 Å². The van der Waals surface area contributed by atoms with Gasteiger partial charge in [0.05, 0.1) is 12.5 Å². The molecule has 0 aliphatic carbocycles. The zero-order valence-corrected chi connectivity index (χ0v) is 14.1. The molecule has 6 nitrogen and oxygen atoms in total. The van der Waals surface area contributed by atoms with E-state index in [2.05, 4.69) is 20.6 Å². The topological polar surface area (TPSA) is 82.8 Å². The van der Waals surface area contributed by atoms with Gasteiger partial charge in [-0.25, -0.2) is 0 Å². The van der Waals surface area contributed by atoms with Gasteiger partial charge in [0.2, 0.25) is 5.91 Å². The number of nitrogens with two attached hydrogens (primary N) is 1. The van der Waals surface area contributed by atoms with Crippen molar-refractivity contribution in [1.82, 2.24) is 15.6 Å². The lowest BCUT2D eigenvalue weighted by atomic mass is 9.94. The summed E-state index contributed by atoms with van der Waals surface area (Å²) in [6.07, 6.45) is 0.820. The van der Waals surface area contributed by atoms with Crippen molar-refractivity contribution in [3.8, 4) is 0 Å². The van der Waals surface area contributed by atoms with Crippen LogP contribution in [0.1, 0.15) is 12.0 Å². The van der Waals surface area contributed by atoms with Crippen LogP contribution in [0.4, 0.5) is 0 Å². The molecule has 1 aromatic rings. The summed E-state index contributed by atoms with van der Waals surface area (Å²) >= 11 is 5.87. The van der Waals surface area contributed by atoms with Crippen LogP contribution in [0.25, 0.3) is 0 Å². The van der Waals surface area contributed by atoms with Crippen LogP contribution in [-0.4, -0.2) is 49.7 Å². The molecule has 1 atom stereocenters. The van der Waals surface area contributed by atoms with Crippen LogP contribution in [0.2, 0.25) is 5.02 Å². The Morgan fingerprint density at radius 1 is 1.43 bits per heavy atom. The highest BCUT2D eigenvalue weighted by molar-refractivity contribution is 6.30. The zero-order chi connectivity index (χ0) is 16.7. The molecule has 1 aliphatic heterocycles. The predicted octanol–water partition coefficient (Wildman–Crippen LogP) is 0.812. The molecule has 1 unspecified atom stereocenters. The Bertz CT molecular complexity index is 546. The number of aliphatic imine (C=N–C) groups is 1. The normalized spacial score (nSPS) is 20.7. The van der Waals surface area contributed by atoms with Crippen molar-refractivity contribution in [2.24, 2.45) is 16.8 Å². The van der Waals surface area contributed by atoms with E-state index in [-0.39, 0.29) is 11.8 Å². The molecule has 0 spiro atoms. The molecule has 1 aliphatic rings. The Morgan fingerprint density at radius 3 is 2.87 bits per heavy atom. The standard InChI is InChI=1S/C16H24ClN5O/c1-22-9-6-15(19-7-8-21-18)14(11-22)16(23)20-10-12-2-4-13(17)5-3-12/h2-5,14,21H,6-11,18H2,1H3,(H,20,23). The molecular formula is C16H24ClN5O. The molecule has 0 aromatic heterocycles.